The number of rotatable bonds is 5. The molecule has 4 atom stereocenters. The predicted molar refractivity (Wildman–Crippen MR) is 96.5 cm³/mol. The maximum atomic E-state index is 12.7. The lowest BCUT2D eigenvalue weighted by Gasteiger charge is -2.25. The first-order valence-corrected chi connectivity index (χ1v) is 9.31. The number of benzene rings is 1. The fourth-order valence-electron chi connectivity index (χ4n) is 3.61. The van der Waals surface area contributed by atoms with Crippen molar-refractivity contribution in [3.8, 4) is 5.75 Å². The number of esters is 2. The smallest absolute Gasteiger partial charge is 0.422 e. The molecule has 6 nitrogen and oxygen atoms in total. The zero-order valence-electron chi connectivity index (χ0n) is 14.1. The topological polar surface area (TPSA) is 89.9 Å². The Morgan fingerprint density at radius 1 is 1.11 bits per heavy atom. The first-order chi connectivity index (χ1) is 13.1. The van der Waals surface area contributed by atoms with Gasteiger partial charge in [-0.2, -0.15) is 13.2 Å². The van der Waals surface area contributed by atoms with Crippen molar-refractivity contribution in [3.05, 3.63) is 39.5 Å². The Labute approximate surface area is 170 Å². The molecule has 0 saturated heterocycles. The number of halogens is 4. The number of fused-ring (bicyclic) bond motifs is 2. The van der Waals surface area contributed by atoms with Gasteiger partial charge >= 0.3 is 24.1 Å². The summed E-state index contributed by atoms with van der Waals surface area (Å²) >= 11 is 1.81. The SMILES string of the molecule is O=C(O)c1ccc(OC(=O)C2C3C=CC(C3)C2C(=O)OCC(F)(F)F)c(I)c1. The fourth-order valence-corrected chi connectivity index (χ4v) is 4.23. The van der Waals surface area contributed by atoms with Gasteiger partial charge in [-0.3, -0.25) is 9.59 Å². The van der Waals surface area contributed by atoms with Crippen molar-refractivity contribution >= 4 is 40.5 Å². The third kappa shape index (κ3) is 4.31. The molecular formula is C18H14F3IO6. The van der Waals surface area contributed by atoms with Gasteiger partial charge in [-0.25, -0.2) is 4.79 Å². The Hall–Kier alpha value is -2.11. The molecule has 0 radical (unpaired) electrons. The zero-order chi connectivity index (χ0) is 20.6. The number of carboxylic acid groups (broad SMARTS) is 1. The molecule has 0 spiro atoms. The van der Waals surface area contributed by atoms with Crippen LogP contribution in [0.4, 0.5) is 13.2 Å². The van der Waals surface area contributed by atoms with Crippen LogP contribution in [0.1, 0.15) is 16.8 Å². The molecule has 1 fully saturated rings. The molecule has 1 aromatic carbocycles. The monoisotopic (exact) mass is 510 g/mol. The van der Waals surface area contributed by atoms with E-state index in [0.717, 1.165) is 0 Å². The van der Waals surface area contributed by atoms with E-state index in [-0.39, 0.29) is 23.1 Å². The highest BCUT2D eigenvalue weighted by atomic mass is 127. The molecular weight excluding hydrogens is 496 g/mol. The van der Waals surface area contributed by atoms with Crippen LogP contribution < -0.4 is 4.74 Å². The second kappa shape index (κ2) is 7.72. The Morgan fingerprint density at radius 3 is 2.25 bits per heavy atom. The van der Waals surface area contributed by atoms with Crippen molar-refractivity contribution in [2.45, 2.75) is 12.6 Å². The largest absolute Gasteiger partial charge is 0.478 e. The van der Waals surface area contributed by atoms with Crippen LogP contribution in [0.3, 0.4) is 0 Å². The van der Waals surface area contributed by atoms with Gasteiger partial charge in [-0.15, -0.1) is 0 Å². The van der Waals surface area contributed by atoms with Crippen LogP contribution in [-0.2, 0) is 14.3 Å². The summed E-state index contributed by atoms with van der Waals surface area (Å²) in [5.74, 6) is -5.55. The van der Waals surface area contributed by atoms with E-state index in [9.17, 15) is 27.6 Å². The van der Waals surface area contributed by atoms with Gasteiger partial charge in [0, 0.05) is 0 Å². The van der Waals surface area contributed by atoms with Crippen molar-refractivity contribution < 1.29 is 42.1 Å². The van der Waals surface area contributed by atoms with E-state index in [1.807, 2.05) is 22.6 Å². The lowest BCUT2D eigenvalue weighted by atomic mass is 9.83. The standard InChI is InChI=1S/C18H14F3IO6/c19-18(20,21)7-27-16(25)13-8-1-2-9(5-8)14(13)17(26)28-12-4-3-10(15(23)24)6-11(12)22/h1-4,6,8-9,13-14H,5,7H2,(H,23,24). The van der Waals surface area contributed by atoms with Crippen molar-refractivity contribution in [1.29, 1.82) is 0 Å². The Kier molecular flexibility index (Phi) is 5.69. The molecule has 0 heterocycles. The van der Waals surface area contributed by atoms with Crippen LogP contribution in [0.15, 0.2) is 30.4 Å². The van der Waals surface area contributed by atoms with Crippen LogP contribution in [0.25, 0.3) is 0 Å². The Balaban J connectivity index is 1.75. The first kappa shape index (κ1) is 20.6. The summed E-state index contributed by atoms with van der Waals surface area (Å²) in [7, 11) is 0. The van der Waals surface area contributed by atoms with Crippen LogP contribution in [0.2, 0.25) is 0 Å². The number of hydrogen-bond donors (Lipinski definition) is 1. The molecule has 28 heavy (non-hydrogen) atoms. The van der Waals surface area contributed by atoms with Gasteiger partial charge in [-0.1, -0.05) is 12.2 Å². The number of carboxylic acids is 1. The predicted octanol–water partition coefficient (Wildman–Crippen LogP) is 3.44. The second-order valence-corrected chi connectivity index (χ2v) is 7.76. The molecule has 1 saturated carbocycles. The normalized spacial score (nSPS) is 25.6. The van der Waals surface area contributed by atoms with E-state index in [4.69, 9.17) is 9.84 Å². The number of aromatic carboxylic acids is 1. The number of carbonyl (C=O) groups excluding carboxylic acids is 2. The number of hydrogen-bond acceptors (Lipinski definition) is 5. The van der Waals surface area contributed by atoms with Gasteiger partial charge in [-0.05, 0) is 59.0 Å². The van der Waals surface area contributed by atoms with Crippen molar-refractivity contribution in [2.75, 3.05) is 6.61 Å². The van der Waals surface area contributed by atoms with Gasteiger partial charge < -0.3 is 14.6 Å². The summed E-state index contributed by atoms with van der Waals surface area (Å²) in [5, 5.41) is 8.98. The van der Waals surface area contributed by atoms with Crippen LogP contribution >= 0.6 is 22.6 Å². The first-order valence-electron chi connectivity index (χ1n) is 8.23. The lowest BCUT2D eigenvalue weighted by Crippen LogP contribution is -2.37. The Bertz CT molecular complexity index is 850. The summed E-state index contributed by atoms with van der Waals surface area (Å²) < 4.78 is 47.1. The number of allylic oxidation sites excluding steroid dienone is 2. The van der Waals surface area contributed by atoms with E-state index < -0.39 is 42.5 Å². The van der Waals surface area contributed by atoms with Crippen molar-refractivity contribution in [3.63, 3.8) is 0 Å². The van der Waals surface area contributed by atoms with E-state index >= 15 is 0 Å². The molecule has 2 aliphatic rings. The molecule has 0 amide bonds. The third-order valence-corrected chi connectivity index (χ3v) is 5.61. The molecule has 0 aliphatic heterocycles. The quantitative estimate of drug-likeness (QED) is 0.283. The average Bonchev–Trinajstić information content (AvgIpc) is 3.21. The van der Waals surface area contributed by atoms with Crippen molar-refractivity contribution in [1.82, 2.24) is 0 Å². The molecule has 150 valence electrons. The summed E-state index contributed by atoms with van der Waals surface area (Å²) in [6.07, 6.45) is -0.732. The highest BCUT2D eigenvalue weighted by molar-refractivity contribution is 14.1. The minimum absolute atomic E-state index is 0.0145. The number of carbonyl (C=O) groups is 3. The minimum atomic E-state index is -4.65. The van der Waals surface area contributed by atoms with Crippen LogP contribution in [0.5, 0.6) is 5.75 Å². The molecule has 2 aliphatic carbocycles. The van der Waals surface area contributed by atoms with Gasteiger partial charge in [0.1, 0.15) is 5.75 Å². The zero-order valence-corrected chi connectivity index (χ0v) is 16.3. The maximum Gasteiger partial charge on any atom is 0.422 e. The maximum absolute atomic E-state index is 12.7. The molecule has 3 rings (SSSR count). The average molecular weight is 510 g/mol. The van der Waals surface area contributed by atoms with Crippen LogP contribution in [-0.4, -0.2) is 35.8 Å². The molecule has 1 N–H and O–H groups in total. The van der Waals surface area contributed by atoms with Gasteiger partial charge in [0.05, 0.1) is 21.0 Å². The van der Waals surface area contributed by atoms with Gasteiger partial charge in [0.2, 0.25) is 0 Å². The summed E-state index contributed by atoms with van der Waals surface area (Å²) in [5.41, 5.74) is 0.0145. The third-order valence-electron chi connectivity index (χ3n) is 4.77. The van der Waals surface area contributed by atoms with Crippen molar-refractivity contribution in [2.24, 2.45) is 23.7 Å². The minimum Gasteiger partial charge on any atom is -0.478 e. The fraction of sp³-hybridized carbons (Fsp3) is 0.389. The van der Waals surface area contributed by atoms with E-state index in [1.54, 1.807) is 12.2 Å². The molecule has 4 unspecified atom stereocenters. The van der Waals surface area contributed by atoms with E-state index in [0.29, 0.717) is 9.99 Å². The van der Waals surface area contributed by atoms with Crippen LogP contribution in [0, 0.1) is 27.2 Å². The summed E-state index contributed by atoms with van der Waals surface area (Å²) in [6.45, 7) is -1.71. The summed E-state index contributed by atoms with van der Waals surface area (Å²) in [4.78, 5) is 35.9. The lowest BCUT2D eigenvalue weighted by molar-refractivity contribution is -0.191. The molecule has 0 aromatic heterocycles. The highest BCUT2D eigenvalue weighted by Gasteiger charge is 2.53. The molecule has 2 bridgehead atoms. The second-order valence-electron chi connectivity index (χ2n) is 6.59. The molecule has 1 aromatic rings. The molecule has 10 heteroatoms. The Morgan fingerprint density at radius 2 is 1.71 bits per heavy atom. The van der Waals surface area contributed by atoms with Gasteiger partial charge in [0.25, 0.3) is 0 Å². The van der Waals surface area contributed by atoms with Gasteiger partial charge in [0.15, 0.2) is 6.61 Å². The summed E-state index contributed by atoms with van der Waals surface area (Å²) in [6, 6.07) is 3.91. The highest BCUT2D eigenvalue weighted by Crippen LogP contribution is 2.49. The number of alkyl halides is 3. The number of ether oxygens (including phenoxy) is 2. The van der Waals surface area contributed by atoms with E-state index in [2.05, 4.69) is 4.74 Å². The van der Waals surface area contributed by atoms with E-state index in [1.165, 1.54) is 18.2 Å².